The van der Waals surface area contributed by atoms with Crippen LogP contribution in [-0.4, -0.2) is 54.7 Å². The largest absolute Gasteiger partial charge is 0.481 e. The predicted octanol–water partition coefficient (Wildman–Crippen LogP) is 2.64. The first-order valence-corrected chi connectivity index (χ1v) is 12.1. The van der Waals surface area contributed by atoms with Gasteiger partial charge in [0.1, 0.15) is 19.3 Å². The van der Waals surface area contributed by atoms with Gasteiger partial charge >= 0.3 is 12.1 Å². The van der Waals surface area contributed by atoms with E-state index in [0.717, 1.165) is 16.9 Å². The number of benzene rings is 2. The summed E-state index contributed by atoms with van der Waals surface area (Å²) in [5.41, 5.74) is 2.06. The highest BCUT2D eigenvalue weighted by Crippen LogP contribution is 2.19. The zero-order valence-corrected chi connectivity index (χ0v) is 20.4. The van der Waals surface area contributed by atoms with Crippen molar-refractivity contribution in [3.05, 3.63) is 71.5 Å². The van der Waals surface area contributed by atoms with E-state index < -0.39 is 30.4 Å². The van der Waals surface area contributed by atoms with Crippen molar-refractivity contribution in [3.63, 3.8) is 0 Å². The molecule has 2 aromatic carbocycles. The number of aliphatic hydroxyl groups is 1. The highest BCUT2D eigenvalue weighted by atomic mass is 32.2. The van der Waals surface area contributed by atoms with E-state index in [-0.39, 0.29) is 13.2 Å². The van der Waals surface area contributed by atoms with Crippen LogP contribution in [0.15, 0.2) is 59.8 Å². The van der Waals surface area contributed by atoms with E-state index in [2.05, 4.69) is 20.8 Å². The molecule has 0 saturated carbocycles. The number of thioether (sulfide) groups is 1. The molecule has 1 unspecified atom stereocenters. The molecule has 0 spiro atoms. The van der Waals surface area contributed by atoms with Crippen molar-refractivity contribution in [1.29, 1.82) is 0 Å². The second kappa shape index (κ2) is 13.3. The number of anilines is 1. The van der Waals surface area contributed by atoms with Gasteiger partial charge in [-0.15, -0.1) is 10.2 Å². The van der Waals surface area contributed by atoms with Crippen LogP contribution in [0.3, 0.4) is 0 Å². The van der Waals surface area contributed by atoms with Gasteiger partial charge in [-0.05, 0) is 29.0 Å². The summed E-state index contributed by atoms with van der Waals surface area (Å²) in [6.45, 7) is 2.17. The number of alkyl carbamates (subject to hydrolysis) is 1. The molecule has 0 aliphatic rings. The maximum Gasteiger partial charge on any atom is 0.408 e. The standard InChI is InChI=1S/C24H27N5O6S/c1-2-36-23-28-27-20(14-30)29(23)13-16-8-10-18(11-9-16)25-22(33)19(12-21(31)32)26-24(34)35-15-17-6-4-3-5-7-17/h3-11,19,30H,2,12-15H2,1H3,(H,25,33)(H,26,34)(H,31,32). The van der Waals surface area contributed by atoms with Crippen LogP contribution in [0.4, 0.5) is 10.5 Å². The number of carboxylic acid groups (broad SMARTS) is 1. The lowest BCUT2D eigenvalue weighted by Crippen LogP contribution is -2.45. The fourth-order valence-corrected chi connectivity index (χ4v) is 3.91. The monoisotopic (exact) mass is 513 g/mol. The summed E-state index contributed by atoms with van der Waals surface area (Å²) in [6.07, 6.45) is -1.51. The average Bonchev–Trinajstić information content (AvgIpc) is 3.25. The van der Waals surface area contributed by atoms with Gasteiger partial charge in [0.25, 0.3) is 0 Å². The molecule has 3 rings (SSSR count). The Bertz CT molecular complexity index is 1170. The Morgan fingerprint density at radius 2 is 1.78 bits per heavy atom. The number of carbonyl (C=O) groups excluding carboxylic acids is 2. The Morgan fingerprint density at radius 1 is 1.06 bits per heavy atom. The van der Waals surface area contributed by atoms with Crippen LogP contribution in [0.25, 0.3) is 0 Å². The van der Waals surface area contributed by atoms with E-state index in [1.807, 2.05) is 17.6 Å². The van der Waals surface area contributed by atoms with Gasteiger partial charge in [0.05, 0.1) is 13.0 Å². The van der Waals surface area contributed by atoms with Crippen LogP contribution < -0.4 is 10.6 Å². The molecular weight excluding hydrogens is 486 g/mol. The van der Waals surface area contributed by atoms with E-state index in [1.54, 1.807) is 48.5 Å². The molecule has 0 aliphatic carbocycles. The molecule has 0 radical (unpaired) electrons. The first-order valence-electron chi connectivity index (χ1n) is 11.1. The number of rotatable bonds is 12. The number of hydrogen-bond acceptors (Lipinski definition) is 8. The van der Waals surface area contributed by atoms with Gasteiger partial charge in [-0.1, -0.05) is 61.2 Å². The minimum Gasteiger partial charge on any atom is -0.481 e. The van der Waals surface area contributed by atoms with Gasteiger partial charge in [-0.3, -0.25) is 14.2 Å². The summed E-state index contributed by atoms with van der Waals surface area (Å²) < 4.78 is 6.91. The van der Waals surface area contributed by atoms with Crippen molar-refractivity contribution in [3.8, 4) is 0 Å². The summed E-state index contributed by atoms with van der Waals surface area (Å²) in [5, 5.41) is 32.4. The normalized spacial score (nSPS) is 11.5. The molecule has 0 saturated heterocycles. The SMILES string of the molecule is CCSc1nnc(CO)n1Cc1ccc(NC(=O)C(CC(=O)O)NC(=O)OCc2ccccc2)cc1. The van der Waals surface area contributed by atoms with Crippen LogP contribution >= 0.6 is 11.8 Å². The van der Waals surface area contributed by atoms with Crippen LogP contribution in [0.2, 0.25) is 0 Å². The fourth-order valence-electron chi connectivity index (χ4n) is 3.23. The van der Waals surface area contributed by atoms with Crippen molar-refractivity contribution in [2.45, 2.75) is 44.3 Å². The highest BCUT2D eigenvalue weighted by molar-refractivity contribution is 7.99. The van der Waals surface area contributed by atoms with Gasteiger partial charge in [-0.2, -0.15) is 0 Å². The Labute approximate surface area is 211 Å². The molecule has 0 bridgehead atoms. The van der Waals surface area contributed by atoms with Crippen molar-refractivity contribution < 1.29 is 29.3 Å². The van der Waals surface area contributed by atoms with E-state index >= 15 is 0 Å². The number of aromatic nitrogens is 3. The Balaban J connectivity index is 1.60. The minimum atomic E-state index is -1.33. The summed E-state index contributed by atoms with van der Waals surface area (Å²) in [5.74, 6) is -0.682. The number of carbonyl (C=O) groups is 3. The van der Waals surface area contributed by atoms with E-state index in [1.165, 1.54) is 11.8 Å². The minimum absolute atomic E-state index is 0.0154. The summed E-state index contributed by atoms with van der Waals surface area (Å²) in [4.78, 5) is 36.1. The number of nitrogens with one attached hydrogen (secondary N) is 2. The van der Waals surface area contributed by atoms with Crippen LogP contribution in [0, 0.1) is 0 Å². The van der Waals surface area contributed by atoms with Gasteiger partial charge in [0, 0.05) is 5.69 Å². The number of hydrogen-bond donors (Lipinski definition) is 4. The molecule has 12 heteroatoms. The summed E-state index contributed by atoms with van der Waals surface area (Å²) in [6, 6.07) is 14.5. The molecule has 4 N–H and O–H groups in total. The molecular formula is C24H27N5O6S. The third-order valence-corrected chi connectivity index (χ3v) is 5.82. The van der Waals surface area contributed by atoms with Gasteiger partial charge in [-0.25, -0.2) is 4.79 Å². The van der Waals surface area contributed by atoms with E-state index in [4.69, 9.17) is 4.74 Å². The van der Waals surface area contributed by atoms with Gasteiger partial charge in [0.15, 0.2) is 11.0 Å². The van der Waals surface area contributed by atoms with Crippen LogP contribution in [-0.2, 0) is 34.1 Å². The summed E-state index contributed by atoms with van der Waals surface area (Å²) in [7, 11) is 0. The van der Waals surface area contributed by atoms with Crippen LogP contribution in [0.5, 0.6) is 0 Å². The number of ether oxygens (including phenoxy) is 1. The van der Waals surface area contributed by atoms with Crippen LogP contribution in [0.1, 0.15) is 30.3 Å². The quantitative estimate of drug-likeness (QED) is 0.267. The van der Waals surface area contributed by atoms with Gasteiger partial charge < -0.3 is 25.6 Å². The zero-order chi connectivity index (χ0) is 25.9. The molecule has 3 aromatic rings. The van der Waals surface area contributed by atoms with E-state index in [9.17, 15) is 24.6 Å². The molecule has 1 heterocycles. The van der Waals surface area contributed by atoms with E-state index in [0.29, 0.717) is 23.2 Å². The Kier molecular flexibility index (Phi) is 9.83. The first-order chi connectivity index (χ1) is 17.4. The lowest BCUT2D eigenvalue weighted by Gasteiger charge is -2.17. The Hall–Kier alpha value is -3.90. The lowest BCUT2D eigenvalue weighted by molar-refractivity contribution is -0.139. The highest BCUT2D eigenvalue weighted by Gasteiger charge is 2.24. The second-order valence-corrected chi connectivity index (χ2v) is 8.85. The lowest BCUT2D eigenvalue weighted by atomic mass is 10.1. The smallest absolute Gasteiger partial charge is 0.408 e. The number of aliphatic hydroxyl groups excluding tert-OH is 1. The summed E-state index contributed by atoms with van der Waals surface area (Å²) >= 11 is 1.51. The zero-order valence-electron chi connectivity index (χ0n) is 19.6. The Morgan fingerprint density at radius 3 is 2.42 bits per heavy atom. The molecule has 0 aliphatic heterocycles. The third kappa shape index (κ3) is 7.82. The van der Waals surface area contributed by atoms with Crippen molar-refractivity contribution >= 4 is 35.4 Å². The second-order valence-electron chi connectivity index (χ2n) is 7.62. The molecule has 190 valence electrons. The maximum absolute atomic E-state index is 12.7. The maximum atomic E-state index is 12.7. The molecule has 11 nitrogen and oxygen atoms in total. The number of carboxylic acids is 1. The molecule has 1 atom stereocenters. The average molecular weight is 514 g/mol. The predicted molar refractivity (Wildman–Crippen MR) is 132 cm³/mol. The van der Waals surface area contributed by atoms with Crippen molar-refractivity contribution in [1.82, 2.24) is 20.1 Å². The van der Waals surface area contributed by atoms with Crippen molar-refractivity contribution in [2.24, 2.45) is 0 Å². The molecule has 0 fully saturated rings. The molecule has 36 heavy (non-hydrogen) atoms. The third-order valence-electron chi connectivity index (χ3n) is 4.97. The number of aliphatic carboxylic acids is 1. The first kappa shape index (κ1) is 26.7. The van der Waals surface area contributed by atoms with Gasteiger partial charge in [0.2, 0.25) is 5.91 Å². The number of nitrogens with zero attached hydrogens (tertiary/aromatic N) is 3. The van der Waals surface area contributed by atoms with Crippen molar-refractivity contribution in [2.75, 3.05) is 11.1 Å². The number of amides is 2. The molecule has 2 amide bonds. The molecule has 1 aromatic heterocycles. The fraction of sp³-hybridized carbons (Fsp3) is 0.292. The topological polar surface area (TPSA) is 156 Å².